The summed E-state index contributed by atoms with van der Waals surface area (Å²) in [5, 5.41) is 0. The number of rotatable bonds is 6. The molecular weight excluding hydrogens is 296 g/mol. The Kier molecular flexibility index (Phi) is 5.91. The molecule has 1 aliphatic carbocycles. The summed E-state index contributed by atoms with van der Waals surface area (Å²) in [6, 6.07) is 0. The Labute approximate surface area is 137 Å². The largest absolute Gasteiger partial charge is 0.461 e. The SMILES string of the molecule is C=C(C)CCOC1C=C(COC(C)=O)C2CC(=O)C(C)=CC2O1. The van der Waals surface area contributed by atoms with Crippen LogP contribution in [0.15, 0.2) is 35.5 Å². The first-order valence-electron chi connectivity index (χ1n) is 7.84. The van der Waals surface area contributed by atoms with Gasteiger partial charge in [-0.3, -0.25) is 9.59 Å². The molecule has 1 aliphatic heterocycles. The normalized spacial score (nSPS) is 26.9. The number of ketones is 1. The number of hydrogen-bond acceptors (Lipinski definition) is 5. The number of Topliss-reactive ketones (excluding diaryl/α,β-unsaturated/α-hetero) is 1. The Morgan fingerprint density at radius 3 is 2.78 bits per heavy atom. The van der Waals surface area contributed by atoms with Crippen LogP contribution in [-0.4, -0.2) is 37.4 Å². The van der Waals surface area contributed by atoms with E-state index in [4.69, 9.17) is 14.2 Å². The molecule has 23 heavy (non-hydrogen) atoms. The van der Waals surface area contributed by atoms with Gasteiger partial charge in [0.15, 0.2) is 12.1 Å². The van der Waals surface area contributed by atoms with Gasteiger partial charge in [-0.2, -0.15) is 0 Å². The second kappa shape index (κ2) is 7.70. The molecule has 0 radical (unpaired) electrons. The maximum absolute atomic E-state index is 12.0. The second-order valence-corrected chi connectivity index (χ2v) is 6.15. The lowest BCUT2D eigenvalue weighted by atomic mass is 9.80. The molecule has 0 fully saturated rings. The van der Waals surface area contributed by atoms with Gasteiger partial charge in [-0.1, -0.05) is 5.57 Å². The van der Waals surface area contributed by atoms with Crippen molar-refractivity contribution in [2.75, 3.05) is 13.2 Å². The number of carbonyl (C=O) groups excluding carboxylic acids is 2. The first kappa shape index (κ1) is 17.6. The van der Waals surface area contributed by atoms with E-state index in [0.717, 1.165) is 17.6 Å². The maximum atomic E-state index is 12.0. The van der Waals surface area contributed by atoms with Gasteiger partial charge in [-0.05, 0) is 43.6 Å². The van der Waals surface area contributed by atoms with Crippen molar-refractivity contribution in [1.29, 1.82) is 0 Å². The molecule has 3 unspecified atom stereocenters. The zero-order valence-electron chi connectivity index (χ0n) is 14.0. The van der Waals surface area contributed by atoms with Crippen molar-refractivity contribution in [3.05, 3.63) is 35.5 Å². The van der Waals surface area contributed by atoms with Gasteiger partial charge >= 0.3 is 5.97 Å². The summed E-state index contributed by atoms with van der Waals surface area (Å²) >= 11 is 0. The van der Waals surface area contributed by atoms with Gasteiger partial charge in [-0.15, -0.1) is 6.58 Å². The van der Waals surface area contributed by atoms with E-state index < -0.39 is 6.29 Å². The first-order chi connectivity index (χ1) is 10.9. The Balaban J connectivity index is 2.11. The molecule has 126 valence electrons. The molecule has 0 N–H and O–H groups in total. The molecule has 3 atom stereocenters. The molecule has 0 aromatic carbocycles. The van der Waals surface area contributed by atoms with Crippen LogP contribution in [0, 0.1) is 5.92 Å². The summed E-state index contributed by atoms with van der Waals surface area (Å²) in [4.78, 5) is 23.1. The summed E-state index contributed by atoms with van der Waals surface area (Å²) in [5.41, 5.74) is 2.64. The average Bonchev–Trinajstić information content (AvgIpc) is 2.46. The van der Waals surface area contributed by atoms with Gasteiger partial charge in [0.2, 0.25) is 0 Å². The summed E-state index contributed by atoms with van der Waals surface area (Å²) < 4.78 is 16.8. The van der Waals surface area contributed by atoms with Crippen molar-refractivity contribution >= 4 is 11.8 Å². The second-order valence-electron chi connectivity index (χ2n) is 6.15. The molecule has 5 nitrogen and oxygen atoms in total. The van der Waals surface area contributed by atoms with Crippen LogP contribution in [0.5, 0.6) is 0 Å². The standard InChI is InChI=1S/C18H24O5/c1-11(2)5-6-21-18-8-14(10-22-13(4)19)15-9-16(20)12(3)7-17(15)23-18/h7-8,15,17-18H,1,5-6,9-10H2,2-4H3. The van der Waals surface area contributed by atoms with E-state index in [1.54, 1.807) is 6.92 Å². The molecular formula is C18H24O5. The molecule has 0 amide bonds. The Bertz CT molecular complexity index is 558. The van der Waals surface area contributed by atoms with E-state index in [-0.39, 0.29) is 30.4 Å². The molecule has 2 aliphatic rings. The van der Waals surface area contributed by atoms with E-state index in [9.17, 15) is 9.59 Å². The van der Waals surface area contributed by atoms with Gasteiger partial charge in [0, 0.05) is 19.3 Å². The van der Waals surface area contributed by atoms with Crippen LogP contribution in [0.3, 0.4) is 0 Å². The van der Waals surface area contributed by atoms with Crippen molar-refractivity contribution in [3.8, 4) is 0 Å². The summed E-state index contributed by atoms with van der Waals surface area (Å²) in [5.74, 6) is -0.334. The molecule has 0 spiro atoms. The quantitative estimate of drug-likeness (QED) is 0.556. The lowest BCUT2D eigenvalue weighted by molar-refractivity contribution is -0.155. The fourth-order valence-corrected chi connectivity index (χ4v) is 2.68. The van der Waals surface area contributed by atoms with Gasteiger partial charge in [0.25, 0.3) is 0 Å². The highest BCUT2D eigenvalue weighted by Gasteiger charge is 2.37. The van der Waals surface area contributed by atoms with Crippen LogP contribution < -0.4 is 0 Å². The predicted octanol–water partition coefficient (Wildman–Crippen LogP) is 2.72. The van der Waals surface area contributed by atoms with Crippen LogP contribution in [0.1, 0.15) is 33.6 Å². The molecule has 1 heterocycles. The summed E-state index contributed by atoms with van der Waals surface area (Å²) in [7, 11) is 0. The fraction of sp³-hybridized carbons (Fsp3) is 0.556. The number of ether oxygens (including phenoxy) is 3. The van der Waals surface area contributed by atoms with E-state index in [2.05, 4.69) is 6.58 Å². The van der Waals surface area contributed by atoms with Crippen LogP contribution in [-0.2, 0) is 23.8 Å². The third kappa shape index (κ3) is 4.88. The molecule has 5 heteroatoms. The van der Waals surface area contributed by atoms with Crippen molar-refractivity contribution in [3.63, 3.8) is 0 Å². The molecule has 0 saturated heterocycles. The molecule has 0 saturated carbocycles. The van der Waals surface area contributed by atoms with Crippen LogP contribution in [0.2, 0.25) is 0 Å². The Morgan fingerprint density at radius 1 is 1.39 bits per heavy atom. The zero-order valence-corrected chi connectivity index (χ0v) is 14.0. The minimum Gasteiger partial charge on any atom is -0.461 e. The van der Waals surface area contributed by atoms with Gasteiger partial charge in [-0.25, -0.2) is 0 Å². The first-order valence-corrected chi connectivity index (χ1v) is 7.84. The zero-order chi connectivity index (χ0) is 17.0. The number of fused-ring (bicyclic) bond motifs is 1. The van der Waals surface area contributed by atoms with E-state index in [1.165, 1.54) is 6.92 Å². The van der Waals surface area contributed by atoms with Crippen molar-refractivity contribution < 1.29 is 23.8 Å². The summed E-state index contributed by atoms with van der Waals surface area (Å²) in [6.45, 7) is 9.63. The third-order valence-corrected chi connectivity index (χ3v) is 4.03. The topological polar surface area (TPSA) is 61.8 Å². The minimum atomic E-state index is -0.501. The van der Waals surface area contributed by atoms with Crippen LogP contribution in [0.25, 0.3) is 0 Å². The number of esters is 1. The molecule has 2 rings (SSSR count). The van der Waals surface area contributed by atoms with E-state index in [0.29, 0.717) is 18.6 Å². The van der Waals surface area contributed by atoms with Crippen LogP contribution >= 0.6 is 0 Å². The Morgan fingerprint density at radius 2 is 2.13 bits per heavy atom. The molecule has 0 aromatic heterocycles. The van der Waals surface area contributed by atoms with Crippen molar-refractivity contribution in [2.24, 2.45) is 5.92 Å². The molecule has 0 bridgehead atoms. The number of allylic oxidation sites excluding steroid dienone is 1. The summed E-state index contributed by atoms with van der Waals surface area (Å²) in [6.07, 6.45) is 4.07. The smallest absolute Gasteiger partial charge is 0.302 e. The maximum Gasteiger partial charge on any atom is 0.302 e. The number of hydrogen-bond donors (Lipinski definition) is 0. The molecule has 0 aromatic rings. The highest BCUT2D eigenvalue weighted by Crippen LogP contribution is 2.34. The Hall–Kier alpha value is -1.72. The highest BCUT2D eigenvalue weighted by molar-refractivity contribution is 5.96. The minimum absolute atomic E-state index is 0.0912. The fourth-order valence-electron chi connectivity index (χ4n) is 2.68. The monoisotopic (exact) mass is 320 g/mol. The third-order valence-electron chi connectivity index (χ3n) is 4.03. The lowest BCUT2D eigenvalue weighted by Crippen LogP contribution is -2.40. The highest BCUT2D eigenvalue weighted by atomic mass is 16.7. The van der Waals surface area contributed by atoms with Crippen molar-refractivity contribution in [1.82, 2.24) is 0 Å². The average molecular weight is 320 g/mol. The van der Waals surface area contributed by atoms with E-state index >= 15 is 0 Å². The van der Waals surface area contributed by atoms with E-state index in [1.807, 2.05) is 19.1 Å². The van der Waals surface area contributed by atoms with Gasteiger partial charge in [0.05, 0.1) is 12.7 Å². The predicted molar refractivity (Wildman–Crippen MR) is 85.6 cm³/mol. The number of carbonyl (C=O) groups is 2. The van der Waals surface area contributed by atoms with Gasteiger partial charge < -0.3 is 14.2 Å². The van der Waals surface area contributed by atoms with Crippen LogP contribution in [0.4, 0.5) is 0 Å². The lowest BCUT2D eigenvalue weighted by Gasteiger charge is -2.37. The van der Waals surface area contributed by atoms with Gasteiger partial charge in [0.1, 0.15) is 6.61 Å². The van der Waals surface area contributed by atoms with Crippen molar-refractivity contribution in [2.45, 2.75) is 46.0 Å².